The molecule has 0 saturated carbocycles. The molecule has 1 amide bonds. The van der Waals surface area contributed by atoms with Crippen molar-refractivity contribution in [2.24, 2.45) is 0 Å². The molecule has 0 unspecified atom stereocenters. The van der Waals surface area contributed by atoms with Gasteiger partial charge < -0.3 is 14.8 Å². The molecular weight excluding hydrogens is 302 g/mol. The molecule has 2 heterocycles. The van der Waals surface area contributed by atoms with Crippen LogP contribution in [0.4, 0.5) is 5.69 Å². The summed E-state index contributed by atoms with van der Waals surface area (Å²) in [5, 5.41) is 2.39. The third-order valence-corrected chi connectivity index (χ3v) is 5.04. The monoisotopic (exact) mass is 321 g/mol. The van der Waals surface area contributed by atoms with Crippen molar-refractivity contribution in [2.45, 2.75) is 41.9 Å². The van der Waals surface area contributed by atoms with E-state index in [0.717, 1.165) is 36.5 Å². The average Bonchev–Trinajstić information content (AvgIpc) is 2.55. The third kappa shape index (κ3) is 3.81. The molecular formula is C16H19NO4S. The van der Waals surface area contributed by atoms with Gasteiger partial charge in [-0.2, -0.15) is 0 Å². The SMILES string of the molecule is O=C(C[C@@H]1Sc2ccccc2NC1=O)OC[C@@H]1CCCCO1. The molecule has 118 valence electrons. The van der Waals surface area contributed by atoms with Gasteiger partial charge in [0.1, 0.15) is 6.61 Å². The van der Waals surface area contributed by atoms with Crippen molar-refractivity contribution in [3.05, 3.63) is 24.3 Å². The average molecular weight is 321 g/mol. The van der Waals surface area contributed by atoms with Crippen LogP contribution in [0.5, 0.6) is 0 Å². The minimum atomic E-state index is -0.435. The number of thioether (sulfide) groups is 1. The zero-order valence-corrected chi connectivity index (χ0v) is 13.1. The number of anilines is 1. The predicted octanol–water partition coefficient (Wildman–Crippen LogP) is 2.60. The number of benzene rings is 1. The Hall–Kier alpha value is -1.53. The highest BCUT2D eigenvalue weighted by Gasteiger charge is 2.29. The number of carbonyl (C=O) groups is 2. The lowest BCUT2D eigenvalue weighted by molar-refractivity contribution is -0.149. The summed E-state index contributed by atoms with van der Waals surface area (Å²) in [5.41, 5.74) is 0.803. The molecule has 0 radical (unpaired) electrons. The van der Waals surface area contributed by atoms with E-state index in [1.807, 2.05) is 24.3 Å². The van der Waals surface area contributed by atoms with Crippen molar-refractivity contribution in [3.63, 3.8) is 0 Å². The van der Waals surface area contributed by atoms with Crippen molar-refractivity contribution in [1.29, 1.82) is 0 Å². The number of esters is 1. The molecule has 1 fully saturated rings. The maximum Gasteiger partial charge on any atom is 0.307 e. The van der Waals surface area contributed by atoms with Crippen molar-refractivity contribution in [1.82, 2.24) is 0 Å². The van der Waals surface area contributed by atoms with Gasteiger partial charge in [-0.05, 0) is 31.4 Å². The Morgan fingerprint density at radius 2 is 2.23 bits per heavy atom. The fourth-order valence-corrected chi connectivity index (χ4v) is 3.66. The van der Waals surface area contributed by atoms with Crippen LogP contribution < -0.4 is 5.32 Å². The number of amides is 1. The van der Waals surface area contributed by atoms with Crippen LogP contribution >= 0.6 is 11.8 Å². The number of para-hydroxylation sites is 1. The Kier molecular flexibility index (Phi) is 5.00. The molecule has 0 aliphatic carbocycles. The first kappa shape index (κ1) is 15.4. The van der Waals surface area contributed by atoms with Gasteiger partial charge in [-0.25, -0.2) is 0 Å². The Labute approximate surface area is 133 Å². The molecule has 22 heavy (non-hydrogen) atoms. The van der Waals surface area contributed by atoms with E-state index in [0.29, 0.717) is 0 Å². The standard InChI is InChI=1S/C16H19NO4S/c18-15(21-10-11-5-3-4-8-20-11)9-14-16(19)17-12-6-1-2-7-13(12)22-14/h1-2,6-7,11,14H,3-5,8-10H2,(H,17,19)/t11-,14-/m0/s1. The van der Waals surface area contributed by atoms with E-state index in [9.17, 15) is 9.59 Å². The van der Waals surface area contributed by atoms with Crippen molar-refractivity contribution in [3.8, 4) is 0 Å². The second kappa shape index (κ2) is 7.15. The summed E-state index contributed by atoms with van der Waals surface area (Å²) in [4.78, 5) is 25.0. The number of hydrogen-bond donors (Lipinski definition) is 1. The maximum absolute atomic E-state index is 12.0. The van der Waals surface area contributed by atoms with Crippen LogP contribution in [0.3, 0.4) is 0 Å². The van der Waals surface area contributed by atoms with Crippen LogP contribution in [0, 0.1) is 0 Å². The number of nitrogens with one attached hydrogen (secondary N) is 1. The minimum Gasteiger partial charge on any atom is -0.463 e. The zero-order chi connectivity index (χ0) is 15.4. The molecule has 2 aliphatic heterocycles. The summed E-state index contributed by atoms with van der Waals surface area (Å²) in [5.74, 6) is -0.490. The van der Waals surface area contributed by atoms with Gasteiger partial charge in [0.2, 0.25) is 5.91 Å². The minimum absolute atomic E-state index is 0.00580. The van der Waals surface area contributed by atoms with Crippen LogP contribution in [-0.4, -0.2) is 36.4 Å². The van der Waals surface area contributed by atoms with E-state index in [1.54, 1.807) is 0 Å². The number of rotatable bonds is 4. The zero-order valence-electron chi connectivity index (χ0n) is 12.2. The van der Waals surface area contributed by atoms with Gasteiger partial charge in [0.25, 0.3) is 0 Å². The predicted molar refractivity (Wildman–Crippen MR) is 83.9 cm³/mol. The molecule has 3 rings (SSSR count). The normalized spacial score (nSPS) is 24.3. The van der Waals surface area contributed by atoms with Crippen molar-refractivity contribution < 1.29 is 19.1 Å². The van der Waals surface area contributed by atoms with E-state index in [-0.39, 0.29) is 31.0 Å². The lowest BCUT2D eigenvalue weighted by atomic mass is 10.1. The molecule has 0 spiro atoms. The third-order valence-electron chi connectivity index (χ3n) is 3.76. The van der Waals surface area contributed by atoms with Crippen LogP contribution in [0.2, 0.25) is 0 Å². The Bertz CT molecular complexity index is 557. The highest BCUT2D eigenvalue weighted by atomic mass is 32.2. The highest BCUT2D eigenvalue weighted by Crippen LogP contribution is 2.36. The van der Waals surface area contributed by atoms with E-state index in [2.05, 4.69) is 5.32 Å². The molecule has 2 aliphatic rings. The van der Waals surface area contributed by atoms with E-state index in [4.69, 9.17) is 9.47 Å². The molecule has 0 bridgehead atoms. The molecule has 1 aromatic rings. The molecule has 6 heteroatoms. The molecule has 1 aromatic carbocycles. The van der Waals surface area contributed by atoms with Gasteiger partial charge in [-0.15, -0.1) is 11.8 Å². The van der Waals surface area contributed by atoms with E-state index in [1.165, 1.54) is 11.8 Å². The van der Waals surface area contributed by atoms with Gasteiger partial charge in [0.05, 0.1) is 23.5 Å². The molecule has 2 atom stereocenters. The Morgan fingerprint density at radius 3 is 3.05 bits per heavy atom. The summed E-state index contributed by atoms with van der Waals surface area (Å²) >= 11 is 1.41. The van der Waals surface area contributed by atoms with Gasteiger partial charge in [-0.3, -0.25) is 9.59 Å². The fraction of sp³-hybridized carbons (Fsp3) is 0.500. The van der Waals surface area contributed by atoms with E-state index < -0.39 is 5.25 Å². The summed E-state index contributed by atoms with van der Waals surface area (Å²) in [6, 6.07) is 7.58. The first-order valence-electron chi connectivity index (χ1n) is 7.56. The first-order chi connectivity index (χ1) is 10.7. The lowest BCUT2D eigenvalue weighted by Gasteiger charge is -2.24. The fourth-order valence-electron chi connectivity index (χ4n) is 2.56. The second-order valence-corrected chi connectivity index (χ2v) is 6.71. The molecule has 1 saturated heterocycles. The Morgan fingerprint density at radius 1 is 1.36 bits per heavy atom. The van der Waals surface area contributed by atoms with Crippen LogP contribution in [0.1, 0.15) is 25.7 Å². The summed E-state index contributed by atoms with van der Waals surface area (Å²) in [6.07, 6.45) is 3.20. The highest BCUT2D eigenvalue weighted by molar-refractivity contribution is 8.01. The molecule has 0 aromatic heterocycles. The van der Waals surface area contributed by atoms with Gasteiger partial charge >= 0.3 is 5.97 Å². The first-order valence-corrected chi connectivity index (χ1v) is 8.44. The van der Waals surface area contributed by atoms with Crippen molar-refractivity contribution in [2.75, 3.05) is 18.5 Å². The maximum atomic E-state index is 12.0. The van der Waals surface area contributed by atoms with Gasteiger partial charge in [-0.1, -0.05) is 12.1 Å². The number of hydrogen-bond acceptors (Lipinski definition) is 5. The molecule has 1 N–H and O–H groups in total. The van der Waals surface area contributed by atoms with E-state index >= 15 is 0 Å². The quantitative estimate of drug-likeness (QED) is 0.864. The van der Waals surface area contributed by atoms with Crippen molar-refractivity contribution >= 4 is 29.3 Å². The Balaban J connectivity index is 1.50. The molecule has 5 nitrogen and oxygen atoms in total. The van der Waals surface area contributed by atoms with Crippen LogP contribution in [-0.2, 0) is 19.1 Å². The number of fused-ring (bicyclic) bond motifs is 1. The van der Waals surface area contributed by atoms with Crippen LogP contribution in [0.25, 0.3) is 0 Å². The smallest absolute Gasteiger partial charge is 0.307 e. The van der Waals surface area contributed by atoms with Gasteiger partial charge in [0.15, 0.2) is 0 Å². The number of carbonyl (C=O) groups excluding carboxylic acids is 2. The second-order valence-electron chi connectivity index (χ2n) is 5.47. The lowest BCUT2D eigenvalue weighted by Crippen LogP contribution is -2.32. The van der Waals surface area contributed by atoms with Gasteiger partial charge in [0, 0.05) is 11.5 Å². The summed E-state index contributed by atoms with van der Waals surface area (Å²) in [6.45, 7) is 1.02. The summed E-state index contributed by atoms with van der Waals surface area (Å²) in [7, 11) is 0. The largest absolute Gasteiger partial charge is 0.463 e. The summed E-state index contributed by atoms with van der Waals surface area (Å²) < 4.78 is 10.8. The topological polar surface area (TPSA) is 64.6 Å². The number of ether oxygens (including phenoxy) is 2. The van der Waals surface area contributed by atoms with Crippen LogP contribution in [0.15, 0.2) is 29.2 Å².